The van der Waals surface area contributed by atoms with Crippen LogP contribution < -0.4 is 0 Å². The minimum atomic E-state index is 0.923. The summed E-state index contributed by atoms with van der Waals surface area (Å²) in [6.45, 7) is 0. The summed E-state index contributed by atoms with van der Waals surface area (Å²) in [5.74, 6) is 1.89. The van der Waals surface area contributed by atoms with Crippen LogP contribution in [0.5, 0.6) is 0 Å². The number of hydrogen-bond donors (Lipinski definition) is 0. The lowest BCUT2D eigenvalue weighted by molar-refractivity contribution is 0.314. The lowest BCUT2D eigenvalue weighted by atomic mass is 9.81. The maximum Gasteiger partial charge on any atom is 0.133 e. The molecule has 1 aliphatic rings. The molecule has 16 heavy (non-hydrogen) atoms. The van der Waals surface area contributed by atoms with Crippen molar-refractivity contribution in [2.75, 3.05) is 0 Å². The van der Waals surface area contributed by atoms with Gasteiger partial charge < -0.3 is 4.42 Å². The summed E-state index contributed by atoms with van der Waals surface area (Å²) in [7, 11) is 0. The minimum absolute atomic E-state index is 0.923. The highest BCUT2D eigenvalue weighted by Gasteiger charge is 2.17. The summed E-state index contributed by atoms with van der Waals surface area (Å²) in [4.78, 5) is 0. The van der Waals surface area contributed by atoms with Crippen LogP contribution in [0.4, 0.5) is 0 Å². The van der Waals surface area contributed by atoms with Crippen molar-refractivity contribution in [1.29, 1.82) is 0 Å². The molecule has 1 heterocycles. The molecule has 0 bridgehead atoms. The molecule has 2 aromatic rings. The fourth-order valence-electron chi connectivity index (χ4n) is 2.32. The van der Waals surface area contributed by atoms with Crippen LogP contribution >= 0.6 is 0 Å². The fraction of sp³-hybridized carbons (Fsp3) is 0.333. The quantitative estimate of drug-likeness (QED) is 0.739. The highest BCUT2D eigenvalue weighted by atomic mass is 16.3. The van der Waals surface area contributed by atoms with Crippen molar-refractivity contribution in [2.45, 2.75) is 25.7 Å². The zero-order valence-electron chi connectivity index (χ0n) is 9.36. The Kier molecular flexibility index (Phi) is 2.53. The second-order valence-corrected chi connectivity index (χ2v) is 4.68. The maximum absolute atomic E-state index is 5.42. The average molecular weight is 212 g/mol. The van der Waals surface area contributed by atoms with E-state index in [0.29, 0.717) is 0 Å². The Bertz CT molecular complexity index is 452. The van der Waals surface area contributed by atoms with Gasteiger partial charge >= 0.3 is 0 Å². The third-order valence-corrected chi connectivity index (χ3v) is 3.48. The molecule has 0 radical (unpaired) electrons. The van der Waals surface area contributed by atoms with Crippen LogP contribution in [0.3, 0.4) is 0 Å². The first-order valence-corrected chi connectivity index (χ1v) is 6.04. The normalized spacial score (nSPS) is 16.0. The fourth-order valence-corrected chi connectivity index (χ4v) is 2.32. The molecule has 3 rings (SSSR count). The second-order valence-electron chi connectivity index (χ2n) is 4.68. The molecular weight excluding hydrogens is 196 g/mol. The largest absolute Gasteiger partial charge is 0.464 e. The topological polar surface area (TPSA) is 13.1 Å². The molecule has 0 aliphatic heterocycles. The van der Waals surface area contributed by atoms with Crippen molar-refractivity contribution in [3.05, 3.63) is 48.2 Å². The third kappa shape index (κ3) is 1.90. The van der Waals surface area contributed by atoms with Crippen molar-refractivity contribution >= 4 is 0 Å². The van der Waals surface area contributed by atoms with Gasteiger partial charge in [0.2, 0.25) is 0 Å². The van der Waals surface area contributed by atoms with Crippen LogP contribution in [0, 0.1) is 5.92 Å². The van der Waals surface area contributed by atoms with Crippen molar-refractivity contribution in [3.63, 3.8) is 0 Å². The van der Waals surface area contributed by atoms with Gasteiger partial charge in [-0.2, -0.15) is 0 Å². The molecular formula is C15H16O. The van der Waals surface area contributed by atoms with Crippen LogP contribution in [0.15, 0.2) is 47.1 Å². The Balaban J connectivity index is 1.82. The van der Waals surface area contributed by atoms with Gasteiger partial charge in [-0.25, -0.2) is 0 Å². The predicted molar refractivity (Wildman–Crippen MR) is 65.2 cm³/mol. The summed E-state index contributed by atoms with van der Waals surface area (Å²) in [5.41, 5.74) is 2.64. The molecule has 1 saturated carbocycles. The van der Waals surface area contributed by atoms with Gasteiger partial charge in [-0.15, -0.1) is 0 Å². The summed E-state index contributed by atoms with van der Waals surface area (Å²) < 4.78 is 5.42. The molecule has 1 aromatic heterocycles. The van der Waals surface area contributed by atoms with Gasteiger partial charge in [0.15, 0.2) is 0 Å². The summed E-state index contributed by atoms with van der Waals surface area (Å²) in [6, 6.07) is 12.7. The first kappa shape index (κ1) is 9.71. The lowest BCUT2D eigenvalue weighted by Gasteiger charge is -2.25. The summed E-state index contributed by atoms with van der Waals surface area (Å²) in [5, 5.41) is 0. The van der Waals surface area contributed by atoms with Gasteiger partial charge in [-0.1, -0.05) is 37.5 Å². The average Bonchev–Trinajstić information content (AvgIpc) is 2.77. The molecule has 1 heteroatoms. The number of benzene rings is 1. The van der Waals surface area contributed by atoms with Gasteiger partial charge in [0.1, 0.15) is 5.76 Å². The lowest BCUT2D eigenvalue weighted by Crippen LogP contribution is -2.13. The van der Waals surface area contributed by atoms with Gasteiger partial charge in [0.25, 0.3) is 0 Å². The Morgan fingerprint density at radius 3 is 2.75 bits per heavy atom. The van der Waals surface area contributed by atoms with E-state index < -0.39 is 0 Å². The minimum Gasteiger partial charge on any atom is -0.464 e. The molecule has 1 fully saturated rings. The molecule has 0 saturated heterocycles. The Hall–Kier alpha value is -1.50. The van der Waals surface area contributed by atoms with E-state index >= 15 is 0 Å². The number of hydrogen-bond acceptors (Lipinski definition) is 1. The van der Waals surface area contributed by atoms with E-state index in [-0.39, 0.29) is 0 Å². The van der Waals surface area contributed by atoms with E-state index in [0.717, 1.165) is 11.7 Å². The Morgan fingerprint density at radius 1 is 1.12 bits per heavy atom. The predicted octanol–water partition coefficient (Wildman–Crippen LogP) is 4.29. The van der Waals surface area contributed by atoms with Crippen molar-refractivity contribution in [1.82, 2.24) is 0 Å². The van der Waals surface area contributed by atoms with E-state index in [2.05, 4.69) is 24.3 Å². The Morgan fingerprint density at radius 2 is 2.06 bits per heavy atom. The summed E-state index contributed by atoms with van der Waals surface area (Å²) in [6.07, 6.45) is 7.20. The molecule has 1 aromatic carbocycles. The molecule has 1 nitrogen and oxygen atoms in total. The van der Waals surface area contributed by atoms with Crippen molar-refractivity contribution in [3.8, 4) is 11.3 Å². The third-order valence-electron chi connectivity index (χ3n) is 3.48. The zero-order valence-corrected chi connectivity index (χ0v) is 9.36. The summed E-state index contributed by atoms with van der Waals surface area (Å²) >= 11 is 0. The molecule has 0 N–H and O–H groups in total. The molecule has 82 valence electrons. The Labute approximate surface area is 96.1 Å². The molecule has 1 aliphatic carbocycles. The van der Waals surface area contributed by atoms with E-state index in [1.807, 2.05) is 12.1 Å². The molecule has 0 spiro atoms. The first-order valence-electron chi connectivity index (χ1n) is 6.04. The highest BCUT2D eigenvalue weighted by molar-refractivity contribution is 5.58. The van der Waals surface area contributed by atoms with E-state index in [4.69, 9.17) is 4.42 Å². The second kappa shape index (κ2) is 4.17. The van der Waals surface area contributed by atoms with E-state index in [9.17, 15) is 0 Å². The smallest absolute Gasteiger partial charge is 0.133 e. The van der Waals surface area contributed by atoms with Gasteiger partial charge in [-0.05, 0) is 36.1 Å². The van der Waals surface area contributed by atoms with E-state index in [1.165, 1.54) is 36.8 Å². The molecule has 0 amide bonds. The monoisotopic (exact) mass is 212 g/mol. The van der Waals surface area contributed by atoms with E-state index in [1.54, 1.807) is 6.26 Å². The van der Waals surface area contributed by atoms with Gasteiger partial charge in [-0.3, -0.25) is 0 Å². The first-order chi connectivity index (χ1) is 7.92. The molecule has 0 atom stereocenters. The number of furan rings is 1. The van der Waals surface area contributed by atoms with Crippen LogP contribution in [-0.4, -0.2) is 0 Å². The van der Waals surface area contributed by atoms with Crippen LogP contribution in [-0.2, 0) is 6.42 Å². The maximum atomic E-state index is 5.42. The van der Waals surface area contributed by atoms with Crippen molar-refractivity contribution in [2.24, 2.45) is 5.92 Å². The molecule has 0 unspecified atom stereocenters. The number of rotatable bonds is 3. The highest BCUT2D eigenvalue weighted by Crippen LogP contribution is 2.30. The SMILES string of the molecule is c1cc(CC2CCC2)cc(-c2ccco2)c1. The van der Waals surface area contributed by atoms with Crippen LogP contribution in [0.1, 0.15) is 24.8 Å². The zero-order chi connectivity index (χ0) is 10.8. The van der Waals surface area contributed by atoms with Crippen molar-refractivity contribution < 1.29 is 4.42 Å². The van der Waals surface area contributed by atoms with Crippen LogP contribution in [0.2, 0.25) is 0 Å². The standard InChI is InChI=1S/C15H16O/c1-4-12(5-1)10-13-6-2-7-14(11-13)15-8-3-9-16-15/h2-3,6-9,11-12H,1,4-5,10H2. The van der Waals surface area contributed by atoms with Gasteiger partial charge in [0.05, 0.1) is 6.26 Å². The van der Waals surface area contributed by atoms with Crippen LogP contribution in [0.25, 0.3) is 11.3 Å². The van der Waals surface area contributed by atoms with Gasteiger partial charge in [0, 0.05) is 5.56 Å².